The van der Waals surface area contributed by atoms with Gasteiger partial charge in [-0.2, -0.15) is 0 Å². The van der Waals surface area contributed by atoms with Crippen LogP contribution in [0.5, 0.6) is 5.75 Å². The molecule has 4 nitrogen and oxygen atoms in total. The summed E-state index contributed by atoms with van der Waals surface area (Å²) in [6.07, 6.45) is 0. The highest BCUT2D eigenvalue weighted by Gasteiger charge is 2.05. The number of carbonyl (C=O) groups is 1. The van der Waals surface area contributed by atoms with Crippen molar-refractivity contribution in [3.63, 3.8) is 0 Å². The lowest BCUT2D eigenvalue weighted by Crippen LogP contribution is -2.10. The van der Waals surface area contributed by atoms with E-state index in [9.17, 15) is 4.79 Å². The predicted octanol–water partition coefficient (Wildman–Crippen LogP) is 3.22. The average Bonchev–Trinajstić information content (AvgIpc) is 2.53. The summed E-state index contributed by atoms with van der Waals surface area (Å²) in [5.74, 6) is 0.321. The van der Waals surface area contributed by atoms with Crippen molar-refractivity contribution in [2.75, 3.05) is 0 Å². The van der Waals surface area contributed by atoms with Gasteiger partial charge in [-0.25, -0.2) is 4.98 Å². The summed E-state index contributed by atoms with van der Waals surface area (Å²) in [6, 6.07) is 17.0. The number of carbonyl (C=O) groups excluding carboxylic acids is 1. The zero-order valence-corrected chi connectivity index (χ0v) is 12.2. The SMILES string of the molecule is Cc1ccc2cccc(OCc3ccc(C(N)=O)cc3)c2n1. The van der Waals surface area contributed by atoms with Crippen LogP contribution in [0.15, 0.2) is 54.6 Å². The number of pyridine rings is 1. The predicted molar refractivity (Wildman–Crippen MR) is 85.8 cm³/mol. The standard InChI is InChI=1S/C18H16N2O2/c1-12-5-8-14-3-2-4-16(17(14)20-12)22-11-13-6-9-15(10-7-13)18(19)21/h2-10H,11H2,1H3,(H2,19,21). The van der Waals surface area contributed by atoms with Crippen LogP contribution < -0.4 is 10.5 Å². The van der Waals surface area contributed by atoms with Crippen molar-refractivity contribution >= 4 is 16.8 Å². The van der Waals surface area contributed by atoms with Crippen LogP contribution in [0.2, 0.25) is 0 Å². The molecule has 0 atom stereocenters. The summed E-state index contributed by atoms with van der Waals surface area (Å²) in [4.78, 5) is 15.6. The van der Waals surface area contributed by atoms with Crippen molar-refractivity contribution in [2.45, 2.75) is 13.5 Å². The smallest absolute Gasteiger partial charge is 0.248 e. The second kappa shape index (κ2) is 5.85. The zero-order chi connectivity index (χ0) is 15.5. The molecule has 0 aliphatic rings. The fourth-order valence-electron chi connectivity index (χ4n) is 2.26. The molecule has 0 aliphatic heterocycles. The maximum atomic E-state index is 11.1. The second-order valence-corrected chi connectivity index (χ2v) is 5.13. The number of aryl methyl sites for hydroxylation is 1. The number of benzene rings is 2. The molecule has 0 saturated carbocycles. The van der Waals surface area contributed by atoms with Crippen LogP contribution in [-0.2, 0) is 6.61 Å². The number of para-hydroxylation sites is 1. The summed E-state index contributed by atoms with van der Waals surface area (Å²) < 4.78 is 5.88. The van der Waals surface area contributed by atoms with Crippen LogP contribution in [0.25, 0.3) is 10.9 Å². The van der Waals surface area contributed by atoms with Crippen molar-refractivity contribution in [1.82, 2.24) is 4.98 Å². The van der Waals surface area contributed by atoms with Crippen molar-refractivity contribution in [2.24, 2.45) is 5.73 Å². The van der Waals surface area contributed by atoms with Gasteiger partial charge < -0.3 is 10.5 Å². The minimum atomic E-state index is -0.429. The number of hydrogen-bond acceptors (Lipinski definition) is 3. The molecule has 22 heavy (non-hydrogen) atoms. The molecule has 0 unspecified atom stereocenters. The summed E-state index contributed by atoms with van der Waals surface area (Å²) >= 11 is 0. The Morgan fingerprint density at radius 2 is 1.86 bits per heavy atom. The number of nitrogens with two attached hydrogens (primary N) is 1. The maximum absolute atomic E-state index is 11.1. The Hall–Kier alpha value is -2.88. The molecule has 2 aromatic carbocycles. The van der Waals surface area contributed by atoms with E-state index in [2.05, 4.69) is 4.98 Å². The maximum Gasteiger partial charge on any atom is 0.248 e. The number of rotatable bonds is 4. The topological polar surface area (TPSA) is 65.2 Å². The van der Waals surface area contributed by atoms with Gasteiger partial charge in [-0.3, -0.25) is 4.79 Å². The van der Waals surface area contributed by atoms with Gasteiger partial charge in [0.1, 0.15) is 17.9 Å². The molecule has 0 spiro atoms. The Balaban J connectivity index is 1.81. The van der Waals surface area contributed by atoms with Crippen molar-refractivity contribution in [3.8, 4) is 5.75 Å². The largest absolute Gasteiger partial charge is 0.487 e. The first-order chi connectivity index (χ1) is 10.6. The molecule has 3 rings (SSSR count). The summed E-state index contributed by atoms with van der Waals surface area (Å²) in [5, 5.41) is 1.05. The van der Waals surface area contributed by atoms with Crippen molar-refractivity contribution in [1.29, 1.82) is 0 Å². The van der Waals surface area contributed by atoms with E-state index in [1.807, 2.05) is 49.4 Å². The number of hydrogen-bond donors (Lipinski definition) is 1. The molecular formula is C18H16N2O2. The second-order valence-electron chi connectivity index (χ2n) is 5.13. The van der Waals surface area contributed by atoms with E-state index in [0.717, 1.165) is 27.9 Å². The van der Waals surface area contributed by atoms with Crippen LogP contribution in [0.1, 0.15) is 21.6 Å². The van der Waals surface area contributed by atoms with Gasteiger partial charge in [-0.05, 0) is 36.8 Å². The summed E-state index contributed by atoms with van der Waals surface area (Å²) in [5.41, 5.74) is 8.50. The Bertz CT molecular complexity index is 826. The molecule has 1 heterocycles. The molecule has 3 aromatic rings. The first kappa shape index (κ1) is 14.1. The third-order valence-electron chi connectivity index (χ3n) is 3.46. The lowest BCUT2D eigenvalue weighted by molar-refractivity contribution is 0.1000. The molecule has 0 radical (unpaired) electrons. The third kappa shape index (κ3) is 2.91. The van der Waals surface area contributed by atoms with Crippen molar-refractivity contribution < 1.29 is 9.53 Å². The minimum Gasteiger partial charge on any atom is -0.487 e. The van der Waals surface area contributed by atoms with E-state index in [1.54, 1.807) is 12.1 Å². The molecule has 110 valence electrons. The van der Waals surface area contributed by atoms with Gasteiger partial charge in [-0.1, -0.05) is 30.3 Å². The average molecular weight is 292 g/mol. The van der Waals surface area contributed by atoms with Crippen LogP contribution >= 0.6 is 0 Å². The number of amides is 1. The highest BCUT2D eigenvalue weighted by molar-refractivity contribution is 5.92. The third-order valence-corrected chi connectivity index (χ3v) is 3.46. The molecule has 1 amide bonds. The molecular weight excluding hydrogens is 276 g/mol. The number of primary amides is 1. The summed E-state index contributed by atoms with van der Waals surface area (Å²) in [7, 11) is 0. The van der Waals surface area contributed by atoms with Gasteiger partial charge >= 0.3 is 0 Å². The summed E-state index contributed by atoms with van der Waals surface area (Å²) in [6.45, 7) is 2.37. The van der Waals surface area contributed by atoms with Crippen LogP contribution in [-0.4, -0.2) is 10.9 Å². The highest BCUT2D eigenvalue weighted by Crippen LogP contribution is 2.24. The lowest BCUT2D eigenvalue weighted by Gasteiger charge is -2.09. The molecule has 0 bridgehead atoms. The van der Waals surface area contributed by atoms with Gasteiger partial charge in [0.05, 0.1) is 0 Å². The Kier molecular flexibility index (Phi) is 3.74. The first-order valence-corrected chi connectivity index (χ1v) is 7.01. The molecule has 0 fully saturated rings. The number of ether oxygens (including phenoxy) is 1. The molecule has 0 aliphatic carbocycles. The minimum absolute atomic E-state index is 0.410. The quantitative estimate of drug-likeness (QED) is 0.803. The lowest BCUT2D eigenvalue weighted by atomic mass is 10.1. The van der Waals surface area contributed by atoms with E-state index in [0.29, 0.717) is 12.2 Å². The fourth-order valence-corrected chi connectivity index (χ4v) is 2.26. The zero-order valence-electron chi connectivity index (χ0n) is 12.2. The normalized spacial score (nSPS) is 10.6. The monoisotopic (exact) mass is 292 g/mol. The first-order valence-electron chi connectivity index (χ1n) is 7.01. The molecule has 1 aromatic heterocycles. The van der Waals surface area contributed by atoms with Gasteiger partial charge in [0.2, 0.25) is 5.91 Å². The van der Waals surface area contributed by atoms with Crippen LogP contribution in [0.3, 0.4) is 0 Å². The fraction of sp³-hybridized carbons (Fsp3) is 0.111. The number of aromatic nitrogens is 1. The number of fused-ring (bicyclic) bond motifs is 1. The van der Waals surface area contributed by atoms with Gasteiger partial charge in [0.15, 0.2) is 0 Å². The van der Waals surface area contributed by atoms with E-state index >= 15 is 0 Å². The van der Waals surface area contributed by atoms with E-state index in [4.69, 9.17) is 10.5 Å². The highest BCUT2D eigenvalue weighted by atomic mass is 16.5. The Morgan fingerprint density at radius 1 is 1.09 bits per heavy atom. The van der Waals surface area contributed by atoms with E-state index < -0.39 is 5.91 Å². The molecule has 0 saturated heterocycles. The Labute approximate surface area is 128 Å². The van der Waals surface area contributed by atoms with E-state index in [-0.39, 0.29) is 0 Å². The molecule has 4 heteroatoms. The van der Waals surface area contributed by atoms with E-state index in [1.165, 1.54) is 0 Å². The van der Waals surface area contributed by atoms with Gasteiger partial charge in [0.25, 0.3) is 0 Å². The van der Waals surface area contributed by atoms with Gasteiger partial charge in [0, 0.05) is 16.6 Å². The van der Waals surface area contributed by atoms with Crippen LogP contribution in [0, 0.1) is 6.92 Å². The van der Waals surface area contributed by atoms with Crippen molar-refractivity contribution in [3.05, 3.63) is 71.4 Å². The van der Waals surface area contributed by atoms with Gasteiger partial charge in [-0.15, -0.1) is 0 Å². The Morgan fingerprint density at radius 3 is 2.59 bits per heavy atom. The molecule has 2 N–H and O–H groups in total. The van der Waals surface area contributed by atoms with Crippen LogP contribution in [0.4, 0.5) is 0 Å². The number of nitrogens with zero attached hydrogens (tertiary/aromatic N) is 1.